The summed E-state index contributed by atoms with van der Waals surface area (Å²) in [5, 5.41) is 3.55. The second-order valence-corrected chi connectivity index (χ2v) is 5.07. The van der Waals surface area contributed by atoms with Crippen LogP contribution in [0.5, 0.6) is 5.75 Å². The summed E-state index contributed by atoms with van der Waals surface area (Å²) in [5.41, 5.74) is 1.39. The van der Waals surface area contributed by atoms with E-state index in [2.05, 4.69) is 43.4 Å². The molecule has 0 aromatic heterocycles. The minimum atomic E-state index is 0.537. The molecule has 0 aliphatic carbocycles. The van der Waals surface area contributed by atoms with E-state index in [1.165, 1.54) is 18.4 Å². The highest BCUT2D eigenvalue weighted by Gasteiger charge is 2.21. The van der Waals surface area contributed by atoms with Gasteiger partial charge in [0.25, 0.3) is 0 Å². The Labute approximate surface area is 104 Å². The smallest absolute Gasteiger partial charge is 0.119 e. The fourth-order valence-corrected chi connectivity index (χ4v) is 2.30. The molecule has 2 nitrogen and oxygen atoms in total. The topological polar surface area (TPSA) is 21.3 Å². The first-order chi connectivity index (χ1) is 8.29. The van der Waals surface area contributed by atoms with Crippen LogP contribution in [0.3, 0.4) is 0 Å². The van der Waals surface area contributed by atoms with E-state index >= 15 is 0 Å². The summed E-state index contributed by atoms with van der Waals surface area (Å²) in [6, 6.07) is 9.11. The van der Waals surface area contributed by atoms with E-state index in [9.17, 15) is 0 Å². The van der Waals surface area contributed by atoms with Gasteiger partial charge in [0.05, 0.1) is 6.61 Å². The fraction of sp³-hybridized carbons (Fsp3) is 0.600. The van der Waals surface area contributed by atoms with Crippen molar-refractivity contribution in [3.63, 3.8) is 0 Å². The van der Waals surface area contributed by atoms with E-state index in [0.29, 0.717) is 6.04 Å². The number of hydrogen-bond acceptors (Lipinski definition) is 2. The minimum Gasteiger partial charge on any atom is -0.494 e. The Balaban J connectivity index is 1.89. The van der Waals surface area contributed by atoms with Crippen molar-refractivity contribution in [2.45, 2.75) is 39.2 Å². The molecule has 0 radical (unpaired) electrons. The summed E-state index contributed by atoms with van der Waals surface area (Å²) < 4.78 is 5.66. The average molecular weight is 233 g/mol. The van der Waals surface area contributed by atoms with Crippen LogP contribution in [0, 0.1) is 5.92 Å². The average Bonchev–Trinajstić information content (AvgIpc) is 2.77. The first kappa shape index (κ1) is 12.4. The van der Waals surface area contributed by atoms with Crippen LogP contribution in [0.1, 0.15) is 44.7 Å². The Kier molecular flexibility index (Phi) is 4.43. The quantitative estimate of drug-likeness (QED) is 0.785. The zero-order chi connectivity index (χ0) is 12.1. The van der Waals surface area contributed by atoms with Gasteiger partial charge in [-0.05, 0) is 43.0 Å². The molecule has 1 fully saturated rings. The third-order valence-corrected chi connectivity index (χ3v) is 3.40. The first-order valence-corrected chi connectivity index (χ1v) is 6.75. The van der Waals surface area contributed by atoms with Gasteiger partial charge in [-0.25, -0.2) is 0 Å². The molecule has 1 N–H and O–H groups in total. The molecule has 2 heteroatoms. The SMILES string of the molecule is CCCCOc1ccc([C@H]2C[C@@H](C)CN2)cc1. The van der Waals surface area contributed by atoms with Gasteiger partial charge < -0.3 is 10.1 Å². The molecule has 1 heterocycles. The highest BCUT2D eigenvalue weighted by molar-refractivity contribution is 5.29. The maximum Gasteiger partial charge on any atom is 0.119 e. The molecule has 0 amide bonds. The molecule has 1 aliphatic heterocycles. The molecule has 0 spiro atoms. The lowest BCUT2D eigenvalue weighted by Crippen LogP contribution is -2.13. The zero-order valence-electron chi connectivity index (χ0n) is 10.9. The van der Waals surface area contributed by atoms with Crippen molar-refractivity contribution < 1.29 is 4.74 Å². The standard InChI is InChI=1S/C15H23NO/c1-3-4-9-17-14-7-5-13(6-8-14)15-10-12(2)11-16-15/h5-8,12,15-16H,3-4,9-11H2,1-2H3/t12-,15-/m1/s1. The molecule has 1 aromatic rings. The van der Waals surface area contributed by atoms with Crippen molar-refractivity contribution in [2.75, 3.05) is 13.2 Å². The van der Waals surface area contributed by atoms with Gasteiger partial charge in [0.2, 0.25) is 0 Å². The number of nitrogens with one attached hydrogen (secondary N) is 1. The van der Waals surface area contributed by atoms with Gasteiger partial charge in [0.15, 0.2) is 0 Å². The predicted octanol–water partition coefficient (Wildman–Crippen LogP) is 3.54. The Morgan fingerprint density at radius 3 is 2.65 bits per heavy atom. The maximum absolute atomic E-state index is 5.66. The normalized spacial score (nSPS) is 23.9. The zero-order valence-corrected chi connectivity index (χ0v) is 10.9. The van der Waals surface area contributed by atoms with E-state index in [-0.39, 0.29) is 0 Å². The van der Waals surface area contributed by atoms with E-state index in [0.717, 1.165) is 31.2 Å². The summed E-state index contributed by atoms with van der Waals surface area (Å²) in [6.07, 6.45) is 3.56. The van der Waals surface area contributed by atoms with Crippen LogP contribution in [-0.2, 0) is 0 Å². The number of ether oxygens (including phenoxy) is 1. The molecule has 1 aromatic carbocycles. The third-order valence-electron chi connectivity index (χ3n) is 3.40. The van der Waals surface area contributed by atoms with Gasteiger partial charge >= 0.3 is 0 Å². The van der Waals surface area contributed by atoms with E-state index in [4.69, 9.17) is 4.74 Å². The van der Waals surface area contributed by atoms with Gasteiger partial charge in [-0.1, -0.05) is 32.4 Å². The predicted molar refractivity (Wildman–Crippen MR) is 71.4 cm³/mol. The third kappa shape index (κ3) is 3.47. The molecule has 0 unspecified atom stereocenters. The Morgan fingerprint density at radius 2 is 2.06 bits per heavy atom. The molecule has 1 aliphatic rings. The lowest BCUT2D eigenvalue weighted by molar-refractivity contribution is 0.309. The van der Waals surface area contributed by atoms with Crippen LogP contribution < -0.4 is 10.1 Å². The van der Waals surface area contributed by atoms with E-state index < -0.39 is 0 Å². The highest BCUT2D eigenvalue weighted by atomic mass is 16.5. The molecule has 2 atom stereocenters. The van der Waals surface area contributed by atoms with Crippen molar-refractivity contribution in [3.8, 4) is 5.75 Å². The van der Waals surface area contributed by atoms with Gasteiger partial charge in [-0.2, -0.15) is 0 Å². The Bertz CT molecular complexity index is 333. The summed E-state index contributed by atoms with van der Waals surface area (Å²) in [4.78, 5) is 0. The lowest BCUT2D eigenvalue weighted by atomic mass is 10.0. The number of benzene rings is 1. The lowest BCUT2D eigenvalue weighted by Gasteiger charge is -2.12. The Morgan fingerprint density at radius 1 is 1.29 bits per heavy atom. The minimum absolute atomic E-state index is 0.537. The van der Waals surface area contributed by atoms with Crippen LogP contribution >= 0.6 is 0 Å². The van der Waals surface area contributed by atoms with Gasteiger partial charge in [0, 0.05) is 6.04 Å². The van der Waals surface area contributed by atoms with Crippen molar-refractivity contribution in [2.24, 2.45) is 5.92 Å². The largest absolute Gasteiger partial charge is 0.494 e. The summed E-state index contributed by atoms with van der Waals surface area (Å²) >= 11 is 0. The fourth-order valence-electron chi connectivity index (χ4n) is 2.30. The molecule has 2 rings (SSSR count). The molecular weight excluding hydrogens is 210 g/mol. The van der Waals surface area contributed by atoms with E-state index in [1.54, 1.807) is 0 Å². The van der Waals surface area contributed by atoms with Crippen molar-refractivity contribution in [3.05, 3.63) is 29.8 Å². The van der Waals surface area contributed by atoms with Gasteiger partial charge in [0.1, 0.15) is 5.75 Å². The first-order valence-electron chi connectivity index (χ1n) is 6.75. The van der Waals surface area contributed by atoms with Crippen LogP contribution in [0.4, 0.5) is 0 Å². The van der Waals surface area contributed by atoms with Crippen molar-refractivity contribution >= 4 is 0 Å². The van der Waals surface area contributed by atoms with Crippen LogP contribution in [0.2, 0.25) is 0 Å². The maximum atomic E-state index is 5.66. The number of unbranched alkanes of at least 4 members (excludes halogenated alkanes) is 1. The Hall–Kier alpha value is -1.02. The molecule has 0 bridgehead atoms. The molecule has 94 valence electrons. The van der Waals surface area contributed by atoms with Crippen molar-refractivity contribution in [1.82, 2.24) is 5.32 Å². The highest BCUT2D eigenvalue weighted by Crippen LogP contribution is 2.27. The second kappa shape index (κ2) is 6.06. The van der Waals surface area contributed by atoms with Gasteiger partial charge in [-0.15, -0.1) is 0 Å². The number of hydrogen-bond donors (Lipinski definition) is 1. The van der Waals surface area contributed by atoms with Crippen molar-refractivity contribution in [1.29, 1.82) is 0 Å². The summed E-state index contributed by atoms with van der Waals surface area (Å²) in [7, 11) is 0. The summed E-state index contributed by atoms with van der Waals surface area (Å²) in [5.74, 6) is 1.79. The van der Waals surface area contributed by atoms with Crippen LogP contribution in [-0.4, -0.2) is 13.2 Å². The van der Waals surface area contributed by atoms with Gasteiger partial charge in [-0.3, -0.25) is 0 Å². The van der Waals surface area contributed by atoms with E-state index in [1.807, 2.05) is 0 Å². The monoisotopic (exact) mass is 233 g/mol. The number of rotatable bonds is 5. The second-order valence-electron chi connectivity index (χ2n) is 5.07. The molecule has 0 saturated carbocycles. The summed E-state index contributed by atoms with van der Waals surface area (Å²) in [6.45, 7) is 6.45. The molecule has 1 saturated heterocycles. The molecular formula is C15H23NO. The molecule has 17 heavy (non-hydrogen) atoms. The van der Waals surface area contributed by atoms with Crippen LogP contribution in [0.25, 0.3) is 0 Å². The van der Waals surface area contributed by atoms with Crippen LogP contribution in [0.15, 0.2) is 24.3 Å².